The van der Waals surface area contributed by atoms with Crippen molar-refractivity contribution < 1.29 is 4.42 Å². The maximum Gasteiger partial charge on any atom is 0.202 e. The van der Waals surface area contributed by atoms with Crippen molar-refractivity contribution in [3.63, 3.8) is 0 Å². The lowest BCUT2D eigenvalue weighted by molar-refractivity contribution is 0.617. The maximum absolute atomic E-state index is 5.99. The van der Waals surface area contributed by atoms with E-state index in [-0.39, 0.29) is 0 Å². The molecule has 0 unspecified atom stereocenters. The molecule has 0 radical (unpaired) electrons. The minimum Gasteiger partial charge on any atom is -0.444 e. The number of furan rings is 1. The zero-order valence-corrected chi connectivity index (χ0v) is 9.73. The Labute approximate surface area is 95.5 Å². The average Bonchev–Trinajstić information content (AvgIpc) is 2.53. The summed E-state index contributed by atoms with van der Waals surface area (Å²) in [6, 6.07) is 7.75. The molecule has 0 aliphatic rings. The number of halogens is 2. The van der Waals surface area contributed by atoms with Crippen LogP contribution < -0.4 is 0 Å². The molecule has 0 N–H and O–H groups in total. The largest absolute Gasteiger partial charge is 0.444 e. The fourth-order valence-electron chi connectivity index (χ4n) is 1.41. The van der Waals surface area contributed by atoms with Gasteiger partial charge in [0.05, 0.1) is 0 Å². The highest BCUT2D eigenvalue weighted by Crippen LogP contribution is 2.34. The molecule has 0 saturated heterocycles. The van der Waals surface area contributed by atoms with Gasteiger partial charge in [-0.2, -0.15) is 0 Å². The highest BCUT2D eigenvalue weighted by Gasteiger charge is 2.13. The first kappa shape index (κ1) is 9.81. The lowest BCUT2D eigenvalue weighted by Gasteiger charge is -1.97. The van der Waals surface area contributed by atoms with E-state index >= 15 is 0 Å². The summed E-state index contributed by atoms with van der Waals surface area (Å²) < 4.78 is 5.41. The van der Waals surface area contributed by atoms with E-state index in [4.69, 9.17) is 16.0 Å². The molecule has 1 heterocycles. The molecule has 1 nitrogen and oxygen atoms in total. The number of allylic oxidation sites excluding steroid dienone is 1. The lowest BCUT2D eigenvalue weighted by atomic mass is 10.1. The Bertz CT molecular complexity index is 487. The Hall–Kier alpha value is -0.730. The van der Waals surface area contributed by atoms with Crippen LogP contribution in [0.2, 0.25) is 5.22 Å². The molecule has 3 heteroatoms. The van der Waals surface area contributed by atoms with Crippen LogP contribution >= 0.6 is 27.5 Å². The monoisotopic (exact) mass is 270 g/mol. The first-order valence-electron chi connectivity index (χ1n) is 4.15. The fourth-order valence-corrected chi connectivity index (χ4v) is 2.01. The summed E-state index contributed by atoms with van der Waals surface area (Å²) in [6.45, 7) is 3.94. The van der Waals surface area contributed by atoms with Gasteiger partial charge in [0.15, 0.2) is 0 Å². The van der Waals surface area contributed by atoms with E-state index < -0.39 is 0 Å². The van der Waals surface area contributed by atoms with Crippen LogP contribution in [-0.2, 0) is 0 Å². The van der Waals surface area contributed by atoms with Gasteiger partial charge in [-0.15, -0.1) is 0 Å². The topological polar surface area (TPSA) is 13.1 Å². The van der Waals surface area contributed by atoms with E-state index in [0.29, 0.717) is 10.5 Å². The van der Waals surface area contributed by atoms with Gasteiger partial charge in [-0.05, 0) is 23.2 Å². The zero-order chi connectivity index (χ0) is 10.1. The number of fused-ring (bicyclic) bond motifs is 1. The Balaban J connectivity index is 2.74. The Morgan fingerprint density at radius 3 is 2.86 bits per heavy atom. The van der Waals surface area contributed by atoms with Crippen LogP contribution in [0.4, 0.5) is 0 Å². The SMILES string of the molecule is C=C(CBr)c1c(Cl)oc2ccccc12. The number of para-hydroxylation sites is 1. The van der Waals surface area contributed by atoms with Gasteiger partial charge in [0.25, 0.3) is 0 Å². The Kier molecular flexibility index (Phi) is 2.66. The van der Waals surface area contributed by atoms with E-state index in [1.807, 2.05) is 24.3 Å². The van der Waals surface area contributed by atoms with E-state index in [1.54, 1.807) is 0 Å². The molecule has 0 amide bonds. The Morgan fingerprint density at radius 2 is 2.14 bits per heavy atom. The third kappa shape index (κ3) is 1.49. The molecular weight excluding hydrogens is 263 g/mol. The summed E-state index contributed by atoms with van der Waals surface area (Å²) in [7, 11) is 0. The quantitative estimate of drug-likeness (QED) is 0.733. The van der Waals surface area contributed by atoms with E-state index in [0.717, 1.165) is 22.1 Å². The van der Waals surface area contributed by atoms with Crippen LogP contribution in [0.25, 0.3) is 16.5 Å². The van der Waals surface area contributed by atoms with Crippen molar-refractivity contribution in [3.05, 3.63) is 41.6 Å². The minimum atomic E-state index is 0.413. The fraction of sp³-hybridized carbons (Fsp3) is 0.0909. The molecule has 0 spiro atoms. The van der Waals surface area contributed by atoms with E-state index in [2.05, 4.69) is 22.5 Å². The van der Waals surface area contributed by atoms with Crippen LogP contribution in [0.15, 0.2) is 35.3 Å². The predicted octanol–water partition coefficient (Wildman–Crippen LogP) is 4.49. The van der Waals surface area contributed by atoms with Gasteiger partial charge in [0.2, 0.25) is 5.22 Å². The standard InChI is InChI=1S/C11H8BrClO/c1-7(6-12)10-8-4-2-3-5-9(8)14-11(10)13/h2-5H,1,6H2. The van der Waals surface area contributed by atoms with Gasteiger partial charge in [-0.1, -0.05) is 40.7 Å². The van der Waals surface area contributed by atoms with Gasteiger partial charge in [0.1, 0.15) is 5.58 Å². The second kappa shape index (κ2) is 3.79. The molecule has 1 aromatic heterocycles. The van der Waals surface area contributed by atoms with Crippen molar-refractivity contribution in [2.75, 3.05) is 5.33 Å². The molecule has 72 valence electrons. The van der Waals surface area contributed by atoms with Gasteiger partial charge in [-0.25, -0.2) is 0 Å². The van der Waals surface area contributed by atoms with Crippen molar-refractivity contribution in [2.24, 2.45) is 0 Å². The lowest BCUT2D eigenvalue weighted by Crippen LogP contribution is -1.81. The molecule has 1 aromatic carbocycles. The summed E-state index contributed by atoms with van der Waals surface area (Å²) in [5.74, 6) is 0. The third-order valence-electron chi connectivity index (χ3n) is 2.07. The number of hydrogen-bond acceptors (Lipinski definition) is 1. The number of alkyl halides is 1. The van der Waals surface area contributed by atoms with Crippen LogP contribution in [-0.4, -0.2) is 5.33 Å². The molecule has 0 aliphatic heterocycles. The van der Waals surface area contributed by atoms with Crippen molar-refractivity contribution in [1.82, 2.24) is 0 Å². The second-order valence-electron chi connectivity index (χ2n) is 2.98. The smallest absolute Gasteiger partial charge is 0.202 e. The molecule has 0 bridgehead atoms. The van der Waals surface area contributed by atoms with Crippen molar-refractivity contribution in [1.29, 1.82) is 0 Å². The number of hydrogen-bond donors (Lipinski definition) is 0. The summed E-state index contributed by atoms with van der Waals surface area (Å²) in [5.41, 5.74) is 2.63. The van der Waals surface area contributed by atoms with E-state index in [9.17, 15) is 0 Å². The van der Waals surface area contributed by atoms with Gasteiger partial charge in [0, 0.05) is 16.3 Å². The molecule has 0 fully saturated rings. The van der Waals surface area contributed by atoms with Gasteiger partial charge >= 0.3 is 0 Å². The molecule has 2 rings (SSSR count). The molecule has 0 saturated carbocycles. The minimum absolute atomic E-state index is 0.413. The van der Waals surface area contributed by atoms with Crippen molar-refractivity contribution in [2.45, 2.75) is 0 Å². The summed E-state index contributed by atoms with van der Waals surface area (Å²) in [5, 5.41) is 2.12. The van der Waals surface area contributed by atoms with Crippen LogP contribution in [0, 0.1) is 0 Å². The Morgan fingerprint density at radius 1 is 1.43 bits per heavy atom. The molecular formula is C11H8BrClO. The summed E-state index contributed by atoms with van der Waals surface area (Å²) in [4.78, 5) is 0. The van der Waals surface area contributed by atoms with Gasteiger partial charge < -0.3 is 4.42 Å². The first-order chi connectivity index (χ1) is 6.74. The summed E-state index contributed by atoms with van der Waals surface area (Å²) in [6.07, 6.45) is 0. The van der Waals surface area contributed by atoms with Crippen LogP contribution in [0.1, 0.15) is 5.56 Å². The van der Waals surface area contributed by atoms with Crippen molar-refractivity contribution in [3.8, 4) is 0 Å². The second-order valence-corrected chi connectivity index (χ2v) is 3.89. The van der Waals surface area contributed by atoms with Gasteiger partial charge in [-0.3, -0.25) is 0 Å². The van der Waals surface area contributed by atoms with E-state index in [1.165, 1.54) is 0 Å². The highest BCUT2D eigenvalue weighted by molar-refractivity contribution is 9.09. The van der Waals surface area contributed by atoms with Crippen LogP contribution in [0.5, 0.6) is 0 Å². The normalized spacial score (nSPS) is 10.7. The average molecular weight is 272 g/mol. The first-order valence-corrected chi connectivity index (χ1v) is 5.65. The molecule has 2 aromatic rings. The molecule has 0 aliphatic carbocycles. The molecule has 14 heavy (non-hydrogen) atoms. The zero-order valence-electron chi connectivity index (χ0n) is 7.39. The summed E-state index contributed by atoms with van der Waals surface area (Å²) >= 11 is 9.35. The number of rotatable bonds is 2. The van der Waals surface area contributed by atoms with Crippen molar-refractivity contribution >= 4 is 44.1 Å². The third-order valence-corrected chi connectivity index (χ3v) is 3.01. The highest BCUT2D eigenvalue weighted by atomic mass is 79.9. The van der Waals surface area contributed by atoms with Crippen LogP contribution in [0.3, 0.4) is 0 Å². The molecule has 0 atom stereocenters. The number of benzene rings is 1. The predicted molar refractivity (Wildman–Crippen MR) is 64.1 cm³/mol. The maximum atomic E-state index is 5.99.